The first-order valence-corrected chi connectivity index (χ1v) is 31.8. The van der Waals surface area contributed by atoms with Crippen molar-refractivity contribution < 1.29 is 28.7 Å². The van der Waals surface area contributed by atoms with Gasteiger partial charge in [-0.05, 0) is 75.3 Å². The van der Waals surface area contributed by atoms with Crippen LogP contribution in [0.1, 0.15) is 64.2 Å². The maximum Gasteiger partial charge on any atom is 0.410 e. The second-order valence-electron chi connectivity index (χ2n) is 25.4. The average molecular weight is 1250 g/mol. The van der Waals surface area contributed by atoms with E-state index < -0.39 is 0 Å². The Kier molecular flexibility index (Phi) is 20.6. The molecule has 2 spiro atoms. The van der Waals surface area contributed by atoms with Gasteiger partial charge in [-0.15, -0.1) is 0 Å². The van der Waals surface area contributed by atoms with Gasteiger partial charge in [0.25, 0.3) is 0 Å². The van der Waals surface area contributed by atoms with Crippen molar-refractivity contribution in [3.8, 4) is 0 Å². The Bertz CT molecular complexity index is 3340. The van der Waals surface area contributed by atoms with Crippen molar-refractivity contribution in [2.45, 2.75) is 87.9 Å². The third-order valence-corrected chi connectivity index (χ3v) is 19.6. The predicted octanol–water partition coefficient (Wildman–Crippen LogP) is 4.48. The molecule has 0 aromatic carbocycles. The summed E-state index contributed by atoms with van der Waals surface area (Å²) in [4.78, 5) is 87.7. The molecule has 10 N–H and O–H groups in total. The molecule has 9 saturated heterocycles. The van der Waals surface area contributed by atoms with E-state index in [1.165, 1.54) is 0 Å². The lowest BCUT2D eigenvalue weighted by Gasteiger charge is -2.45. The van der Waals surface area contributed by atoms with Gasteiger partial charge in [0.15, 0.2) is 0 Å². The molecule has 5 aromatic heterocycles. The first-order chi connectivity index (χ1) is 43.8. The highest BCUT2D eigenvalue weighted by molar-refractivity contribution is 5.81. The third-order valence-electron chi connectivity index (χ3n) is 19.6. The minimum atomic E-state index is -0.197. The number of amides is 4. The zero-order valence-corrected chi connectivity index (χ0v) is 53.3. The average Bonchev–Trinajstić information content (AvgIpc) is 1.87. The molecule has 0 bridgehead atoms. The smallest absolute Gasteiger partial charge is 0.410 e. The summed E-state index contributed by atoms with van der Waals surface area (Å²) in [5, 5.41) is 0. The zero-order valence-electron chi connectivity index (χ0n) is 53.3. The van der Waals surface area contributed by atoms with Crippen molar-refractivity contribution in [1.29, 1.82) is 0 Å². The molecule has 91 heavy (non-hydrogen) atoms. The number of likely N-dealkylation sites (N-methyl/N-ethyl adjacent to an activating group) is 1. The van der Waals surface area contributed by atoms with E-state index in [1.54, 1.807) is 66.9 Å². The van der Waals surface area contributed by atoms with Crippen molar-refractivity contribution in [2.75, 3.05) is 180 Å². The molecule has 26 heteroatoms. The molecule has 4 amide bonds. The van der Waals surface area contributed by atoms with Gasteiger partial charge in [-0.25, -0.2) is 4.79 Å². The number of nitrogens with two attached hydrogens (primary N) is 5. The monoisotopic (exact) mass is 1250 g/mol. The number of fused-ring (bicyclic) bond motifs is 2. The molecule has 5 aromatic rings. The van der Waals surface area contributed by atoms with Crippen LogP contribution in [0.2, 0.25) is 0 Å². The van der Waals surface area contributed by atoms with Gasteiger partial charge in [0.1, 0.15) is 12.7 Å². The van der Waals surface area contributed by atoms with Gasteiger partial charge in [0.05, 0.1) is 101 Å². The van der Waals surface area contributed by atoms with Crippen LogP contribution in [0.3, 0.4) is 0 Å². The minimum absolute atomic E-state index is 0.0151. The van der Waals surface area contributed by atoms with E-state index in [9.17, 15) is 19.2 Å². The Labute approximate surface area is 534 Å². The quantitative estimate of drug-likeness (QED) is 0.150. The van der Waals surface area contributed by atoms with Gasteiger partial charge >= 0.3 is 6.09 Å². The fourth-order valence-electron chi connectivity index (χ4n) is 14.1. The summed E-state index contributed by atoms with van der Waals surface area (Å²) in [5.74, 6) is 0.891. The number of carbonyl (C=O) groups is 4. The highest BCUT2D eigenvalue weighted by Crippen LogP contribution is 2.43. The summed E-state index contributed by atoms with van der Waals surface area (Å²) in [6.45, 7) is 16.3. The number of hydrogen-bond donors (Lipinski definition) is 5. The predicted molar refractivity (Wildman–Crippen MR) is 356 cm³/mol. The van der Waals surface area contributed by atoms with Crippen molar-refractivity contribution in [2.24, 2.45) is 5.41 Å². The summed E-state index contributed by atoms with van der Waals surface area (Å²) in [6.07, 6.45) is 26.5. The molecule has 14 rings (SSSR count). The number of piperidine rings is 3. The number of piperazine rings is 2. The summed E-state index contributed by atoms with van der Waals surface area (Å²) in [5.41, 5.74) is 39.8. The van der Waals surface area contributed by atoms with Gasteiger partial charge in [-0.3, -0.25) is 44.2 Å². The summed E-state index contributed by atoms with van der Waals surface area (Å²) in [7, 11) is 7.81. The lowest BCUT2D eigenvalue weighted by atomic mass is 9.77. The molecular weight excluding hydrogens is 1160 g/mol. The fraction of sp³-hybridized carbons (Fsp3) is 0.523. The van der Waals surface area contributed by atoms with Crippen LogP contribution in [0.25, 0.3) is 0 Å². The Balaban J connectivity index is 0.000000125. The highest BCUT2D eigenvalue weighted by atomic mass is 16.6. The largest absolute Gasteiger partial charge is 0.447 e. The van der Waals surface area contributed by atoms with Crippen LogP contribution in [-0.2, 0) is 23.9 Å². The standard InChI is InChI=1S/2C14H20N4O.C13H18N4O.C13H20N4O.C11H14N4O2/c1-17-10-14(8-13(17)19)3-6-18(7-4-14)12-2-5-16-9-11(12)15;1-17-13(19)2-4-14(17)5-8-18(9-6-14)12-3-7-16-10-11(12)15;14-11-8-15-5-4-12(11)16-6-7-17-10(9-16)2-1-3-13(17)18;1-10(16(2)3)13-9-17(6-7-18-13)12-4-5-15-8-11(12)14;12-9-5-13-2-1-10(9)14-3-4-15-8(6-14)7-17-11(15)16/h2,5,9H,3-4,6-8,10,15H2,1H3;3,7,10H,2,4-6,8-9,15H2,1H3;4-5,8,10H,1-3,6-7,9,14H2;4-5,8,13H,1,6-7,9,14H2,2-3H3;1-2,5,8H,3-4,6-7,12H2. The van der Waals surface area contributed by atoms with Gasteiger partial charge in [0, 0.05) is 186 Å². The second-order valence-corrected chi connectivity index (χ2v) is 25.4. The van der Waals surface area contributed by atoms with Crippen molar-refractivity contribution >= 4 is 80.7 Å². The van der Waals surface area contributed by atoms with E-state index in [4.69, 9.17) is 38.1 Å². The number of nitrogen functional groups attached to an aromatic ring is 5. The number of ether oxygens (including phenoxy) is 2. The molecular formula is C65H92N20O6. The van der Waals surface area contributed by atoms with Crippen LogP contribution >= 0.6 is 0 Å². The SMILES string of the molecule is C=C(C1CN(c2ccncc2N)CCO1)N(C)C.CN1C(=O)CCC12CCN(c1ccncc1N)CC2.CN1CC2(CCN(c3ccncc3N)CC2)CC1=O.Nc1cnccc1N1CCN2C(=O)CCCC2C1.Nc1cnccc1N1CCN2C(=O)OCC2C1. The van der Waals surface area contributed by atoms with E-state index >= 15 is 0 Å². The number of aromatic nitrogens is 5. The first kappa shape index (κ1) is 64.9. The van der Waals surface area contributed by atoms with Gasteiger partial charge in [0.2, 0.25) is 17.7 Å². The molecule has 3 unspecified atom stereocenters. The van der Waals surface area contributed by atoms with E-state index in [0.29, 0.717) is 68.0 Å². The number of nitrogens with zero attached hydrogens (tertiary/aromatic N) is 15. The number of pyridine rings is 5. The fourth-order valence-corrected chi connectivity index (χ4v) is 14.1. The van der Waals surface area contributed by atoms with Crippen LogP contribution < -0.4 is 53.2 Å². The molecule has 488 valence electrons. The molecule has 0 aliphatic carbocycles. The van der Waals surface area contributed by atoms with Crippen LogP contribution in [-0.4, -0.2) is 223 Å². The highest BCUT2D eigenvalue weighted by Gasteiger charge is 2.46. The molecule has 9 aliphatic heterocycles. The second kappa shape index (κ2) is 28.8. The Morgan fingerprint density at radius 1 is 0.538 bits per heavy atom. The Morgan fingerprint density at radius 3 is 1.45 bits per heavy atom. The number of likely N-dealkylation sites (tertiary alicyclic amines) is 2. The van der Waals surface area contributed by atoms with Crippen LogP contribution in [0.5, 0.6) is 0 Å². The number of hydrogen-bond acceptors (Lipinski definition) is 22. The van der Waals surface area contributed by atoms with E-state index in [2.05, 4.69) is 56.0 Å². The maximum absolute atomic E-state index is 11.8. The number of cyclic esters (lactones) is 1. The van der Waals surface area contributed by atoms with E-state index in [-0.39, 0.29) is 41.0 Å². The van der Waals surface area contributed by atoms with Gasteiger partial charge in [-0.1, -0.05) is 6.58 Å². The molecule has 3 atom stereocenters. The zero-order chi connectivity index (χ0) is 64.4. The lowest BCUT2D eigenvalue weighted by Crippen LogP contribution is -2.57. The van der Waals surface area contributed by atoms with Crippen LogP contribution in [0.15, 0.2) is 105 Å². The Hall–Kier alpha value is -9.07. The van der Waals surface area contributed by atoms with Crippen LogP contribution in [0, 0.1) is 5.41 Å². The van der Waals surface area contributed by atoms with E-state index in [0.717, 1.165) is 169 Å². The van der Waals surface area contributed by atoms with E-state index in [1.807, 2.05) is 78.1 Å². The number of rotatable bonds is 7. The van der Waals surface area contributed by atoms with Gasteiger partial charge < -0.3 is 82.2 Å². The molecule has 0 saturated carbocycles. The maximum atomic E-state index is 11.8. The molecule has 0 radical (unpaired) electrons. The minimum Gasteiger partial charge on any atom is -0.447 e. The van der Waals surface area contributed by atoms with Crippen LogP contribution in [0.4, 0.5) is 61.7 Å². The third kappa shape index (κ3) is 15.1. The summed E-state index contributed by atoms with van der Waals surface area (Å²) < 4.78 is 10.8. The summed E-state index contributed by atoms with van der Waals surface area (Å²) >= 11 is 0. The number of anilines is 10. The Morgan fingerprint density at radius 2 is 1.00 bits per heavy atom. The molecule has 9 fully saturated rings. The van der Waals surface area contributed by atoms with Gasteiger partial charge in [-0.2, -0.15) is 0 Å². The van der Waals surface area contributed by atoms with Crippen molar-refractivity contribution in [3.63, 3.8) is 0 Å². The topological polar surface area (TPSA) is 314 Å². The molecule has 9 aliphatic rings. The summed E-state index contributed by atoms with van der Waals surface area (Å²) in [6, 6.07) is 10.2. The molecule has 26 nitrogen and oxygen atoms in total. The molecule has 14 heterocycles. The number of carbonyl (C=O) groups excluding carboxylic acids is 4. The van der Waals surface area contributed by atoms with Crippen molar-refractivity contribution in [1.82, 2.24) is 49.4 Å². The number of morpholine rings is 1. The van der Waals surface area contributed by atoms with Crippen molar-refractivity contribution in [3.05, 3.63) is 105 Å². The normalized spacial score (nSPS) is 22.3. The lowest BCUT2D eigenvalue weighted by molar-refractivity contribution is -0.136. The first-order valence-electron chi connectivity index (χ1n) is 31.8.